The minimum atomic E-state index is -1.44. The van der Waals surface area contributed by atoms with Crippen molar-refractivity contribution in [1.82, 2.24) is 25.4 Å². The predicted octanol–water partition coefficient (Wildman–Crippen LogP) is 1.47. The number of hydrogen-bond donors (Lipinski definition) is 2. The van der Waals surface area contributed by atoms with Gasteiger partial charge in [-0.25, -0.2) is 9.78 Å². The first kappa shape index (κ1) is 18.1. The molecule has 152 valence electrons. The molecular weight excluding hydrogens is 388 g/mol. The third kappa shape index (κ3) is 2.68. The molecule has 3 aromatic rings. The number of urea groups is 1. The molecule has 10 nitrogen and oxygen atoms in total. The van der Waals surface area contributed by atoms with Gasteiger partial charge in [0.25, 0.3) is 11.8 Å². The van der Waals surface area contributed by atoms with E-state index >= 15 is 0 Å². The zero-order valence-corrected chi connectivity index (χ0v) is 16.1. The number of barbiturate groups is 1. The SMILES string of the molecule is Cn1ncc2cc(Oc3ccc(N4CCCC45C(=O)NC(=O)NC5=O)cn3)ccc21. The molecule has 2 fully saturated rings. The minimum absolute atomic E-state index is 0.321. The lowest BCUT2D eigenvalue weighted by Gasteiger charge is -2.38. The highest BCUT2D eigenvalue weighted by Crippen LogP contribution is 2.36. The molecule has 0 atom stereocenters. The van der Waals surface area contributed by atoms with Crippen LogP contribution in [0.4, 0.5) is 10.5 Å². The summed E-state index contributed by atoms with van der Waals surface area (Å²) in [6, 6.07) is 8.26. The first-order chi connectivity index (χ1) is 14.5. The van der Waals surface area contributed by atoms with Crippen LogP contribution in [0.1, 0.15) is 12.8 Å². The second-order valence-corrected chi connectivity index (χ2v) is 7.30. The number of nitrogens with one attached hydrogen (secondary N) is 2. The molecule has 2 N–H and O–H groups in total. The Morgan fingerprint density at radius 1 is 1.07 bits per heavy atom. The first-order valence-electron chi connectivity index (χ1n) is 9.47. The van der Waals surface area contributed by atoms with Gasteiger partial charge >= 0.3 is 6.03 Å². The average molecular weight is 406 g/mol. The minimum Gasteiger partial charge on any atom is -0.439 e. The Balaban J connectivity index is 1.39. The van der Waals surface area contributed by atoms with Crippen molar-refractivity contribution in [2.24, 2.45) is 7.05 Å². The van der Waals surface area contributed by atoms with Crippen LogP contribution in [0.5, 0.6) is 11.6 Å². The number of imide groups is 2. The number of benzene rings is 1. The Morgan fingerprint density at radius 2 is 1.87 bits per heavy atom. The maximum atomic E-state index is 12.6. The van der Waals surface area contributed by atoms with Crippen LogP contribution in [0.15, 0.2) is 42.7 Å². The van der Waals surface area contributed by atoms with E-state index in [0.717, 1.165) is 10.9 Å². The number of carbonyl (C=O) groups is 3. The van der Waals surface area contributed by atoms with Crippen LogP contribution in [0.25, 0.3) is 10.9 Å². The van der Waals surface area contributed by atoms with Gasteiger partial charge in [-0.1, -0.05) is 0 Å². The highest BCUT2D eigenvalue weighted by Gasteiger charge is 2.57. The van der Waals surface area contributed by atoms with Crippen molar-refractivity contribution in [3.63, 3.8) is 0 Å². The van der Waals surface area contributed by atoms with Gasteiger partial charge in [-0.15, -0.1) is 0 Å². The molecule has 1 spiro atoms. The zero-order chi connectivity index (χ0) is 20.9. The highest BCUT2D eigenvalue weighted by atomic mass is 16.5. The number of ether oxygens (including phenoxy) is 1. The molecule has 0 saturated carbocycles. The number of pyridine rings is 1. The van der Waals surface area contributed by atoms with E-state index < -0.39 is 23.4 Å². The molecule has 30 heavy (non-hydrogen) atoms. The lowest BCUT2D eigenvalue weighted by molar-refractivity contribution is -0.137. The third-order valence-corrected chi connectivity index (χ3v) is 5.56. The fourth-order valence-corrected chi connectivity index (χ4v) is 4.11. The summed E-state index contributed by atoms with van der Waals surface area (Å²) in [4.78, 5) is 42.6. The van der Waals surface area contributed by atoms with Crippen LogP contribution < -0.4 is 20.3 Å². The van der Waals surface area contributed by atoms with E-state index in [1.54, 1.807) is 34.1 Å². The quantitative estimate of drug-likeness (QED) is 0.632. The van der Waals surface area contributed by atoms with Crippen molar-refractivity contribution >= 4 is 34.4 Å². The summed E-state index contributed by atoms with van der Waals surface area (Å²) < 4.78 is 7.62. The molecule has 0 bridgehead atoms. The Bertz CT molecular complexity index is 1170. The van der Waals surface area contributed by atoms with Crippen molar-refractivity contribution in [2.75, 3.05) is 11.4 Å². The van der Waals surface area contributed by atoms with E-state index in [2.05, 4.69) is 20.7 Å². The largest absolute Gasteiger partial charge is 0.439 e. The number of rotatable bonds is 3. The Labute approximate surface area is 170 Å². The molecule has 2 saturated heterocycles. The lowest BCUT2D eigenvalue weighted by Crippen LogP contribution is -2.71. The van der Waals surface area contributed by atoms with Crippen LogP contribution in [0.2, 0.25) is 0 Å². The number of anilines is 1. The summed E-state index contributed by atoms with van der Waals surface area (Å²) >= 11 is 0. The summed E-state index contributed by atoms with van der Waals surface area (Å²) in [5, 5.41) is 9.56. The fraction of sp³-hybridized carbons (Fsp3) is 0.250. The van der Waals surface area contributed by atoms with Gasteiger partial charge in [0.2, 0.25) is 5.88 Å². The third-order valence-electron chi connectivity index (χ3n) is 5.56. The van der Waals surface area contributed by atoms with Gasteiger partial charge in [0.1, 0.15) is 5.75 Å². The van der Waals surface area contributed by atoms with Crippen molar-refractivity contribution < 1.29 is 19.1 Å². The van der Waals surface area contributed by atoms with Gasteiger partial charge in [-0.3, -0.25) is 24.9 Å². The highest BCUT2D eigenvalue weighted by molar-refractivity contribution is 6.24. The van der Waals surface area contributed by atoms with Crippen molar-refractivity contribution in [1.29, 1.82) is 0 Å². The van der Waals surface area contributed by atoms with Gasteiger partial charge in [0, 0.05) is 25.0 Å². The summed E-state index contributed by atoms with van der Waals surface area (Å²) in [6.07, 6.45) is 4.28. The van der Waals surface area contributed by atoms with E-state index in [-0.39, 0.29) is 0 Å². The number of aromatic nitrogens is 3. The number of carbonyl (C=O) groups excluding carboxylic acids is 3. The zero-order valence-electron chi connectivity index (χ0n) is 16.1. The maximum Gasteiger partial charge on any atom is 0.328 e. The second kappa shape index (κ2) is 6.55. The van der Waals surface area contributed by atoms with E-state index in [4.69, 9.17) is 4.74 Å². The lowest BCUT2D eigenvalue weighted by atomic mass is 9.92. The summed E-state index contributed by atoms with van der Waals surface area (Å²) in [5.74, 6) is -0.224. The Kier molecular flexibility index (Phi) is 3.95. The van der Waals surface area contributed by atoms with Gasteiger partial charge in [-0.2, -0.15) is 5.10 Å². The topological polar surface area (TPSA) is 118 Å². The van der Waals surface area contributed by atoms with E-state index in [1.807, 2.05) is 25.2 Å². The van der Waals surface area contributed by atoms with Crippen LogP contribution in [0.3, 0.4) is 0 Å². The molecule has 0 aliphatic carbocycles. The van der Waals surface area contributed by atoms with Crippen molar-refractivity contribution in [3.05, 3.63) is 42.7 Å². The van der Waals surface area contributed by atoms with Gasteiger partial charge in [0.05, 0.1) is 23.6 Å². The molecule has 10 heteroatoms. The van der Waals surface area contributed by atoms with Gasteiger partial charge in [0.15, 0.2) is 5.54 Å². The van der Waals surface area contributed by atoms with E-state index in [0.29, 0.717) is 36.7 Å². The molecule has 4 heterocycles. The summed E-state index contributed by atoms with van der Waals surface area (Å²) in [5.41, 5.74) is 0.151. The molecule has 2 aliphatic rings. The van der Waals surface area contributed by atoms with Crippen LogP contribution in [-0.2, 0) is 16.6 Å². The Hall–Kier alpha value is -3.95. The number of nitrogens with zero attached hydrogens (tertiary/aromatic N) is 4. The molecule has 1 aromatic carbocycles. The first-order valence-corrected chi connectivity index (χ1v) is 9.47. The maximum absolute atomic E-state index is 12.6. The molecule has 0 radical (unpaired) electrons. The smallest absolute Gasteiger partial charge is 0.328 e. The fourth-order valence-electron chi connectivity index (χ4n) is 4.11. The monoisotopic (exact) mass is 406 g/mol. The van der Waals surface area contributed by atoms with Crippen LogP contribution in [-0.4, -0.2) is 44.7 Å². The normalized spacial score (nSPS) is 18.0. The summed E-state index contributed by atoms with van der Waals surface area (Å²) in [6.45, 7) is 0.495. The predicted molar refractivity (Wildman–Crippen MR) is 106 cm³/mol. The van der Waals surface area contributed by atoms with Gasteiger partial charge < -0.3 is 9.64 Å². The van der Waals surface area contributed by atoms with E-state index in [9.17, 15) is 14.4 Å². The number of aryl methyl sites for hydroxylation is 1. The van der Waals surface area contributed by atoms with E-state index in [1.165, 1.54) is 0 Å². The Morgan fingerprint density at radius 3 is 2.60 bits per heavy atom. The number of amides is 4. The summed E-state index contributed by atoms with van der Waals surface area (Å²) in [7, 11) is 1.87. The van der Waals surface area contributed by atoms with Crippen LogP contribution in [0, 0.1) is 0 Å². The molecule has 2 aliphatic heterocycles. The standard InChI is InChI=1S/C20H18N6O4/c1-25-15-5-4-14(9-12(15)10-22-25)30-16-6-3-13(11-21-16)26-8-2-7-20(26)17(27)23-19(29)24-18(20)28/h3-6,9-11H,2,7-8H2,1H3,(H2,23,24,27,28,29). The van der Waals surface area contributed by atoms with Crippen LogP contribution >= 0.6 is 0 Å². The average Bonchev–Trinajstić information content (AvgIpc) is 3.32. The molecule has 0 unspecified atom stereocenters. The number of fused-ring (bicyclic) bond motifs is 1. The van der Waals surface area contributed by atoms with Crippen molar-refractivity contribution in [3.8, 4) is 11.6 Å². The second-order valence-electron chi connectivity index (χ2n) is 7.30. The van der Waals surface area contributed by atoms with Gasteiger partial charge in [-0.05, 0) is 37.1 Å². The molecule has 5 rings (SSSR count). The molecule has 4 amide bonds. The number of hydrogen-bond acceptors (Lipinski definition) is 7. The molecular formula is C20H18N6O4. The van der Waals surface area contributed by atoms with Crippen molar-refractivity contribution in [2.45, 2.75) is 18.4 Å². The molecule has 2 aromatic heterocycles.